The van der Waals surface area contributed by atoms with Crippen LogP contribution >= 0.6 is 0 Å². The highest BCUT2D eigenvalue weighted by Gasteiger charge is 2.42. The van der Waals surface area contributed by atoms with Crippen molar-refractivity contribution in [1.82, 2.24) is 9.88 Å². The van der Waals surface area contributed by atoms with Gasteiger partial charge in [0.1, 0.15) is 11.9 Å². The van der Waals surface area contributed by atoms with Gasteiger partial charge in [-0.15, -0.1) is 0 Å². The van der Waals surface area contributed by atoms with Crippen molar-refractivity contribution >= 4 is 22.6 Å². The first kappa shape index (κ1) is 26.6. The van der Waals surface area contributed by atoms with E-state index in [1.807, 2.05) is 37.2 Å². The number of carboxylic acids is 1. The van der Waals surface area contributed by atoms with Crippen molar-refractivity contribution < 1.29 is 19.0 Å². The predicted molar refractivity (Wildman–Crippen MR) is 143 cm³/mol. The monoisotopic (exact) mass is 499 g/mol. The lowest BCUT2D eigenvalue weighted by molar-refractivity contribution is -0.153. The maximum Gasteiger partial charge on any atom is 0.309 e. The molecule has 2 heterocycles. The number of aromatic nitrogens is 1. The fraction of sp³-hybridized carbons (Fsp3) is 0.655. The van der Waals surface area contributed by atoms with E-state index in [9.17, 15) is 9.90 Å². The Hall–Kier alpha value is -2.41. The molecule has 7 heteroatoms. The van der Waals surface area contributed by atoms with Crippen LogP contribution in [0.15, 0.2) is 24.4 Å². The summed E-state index contributed by atoms with van der Waals surface area (Å²) in [7, 11) is 5.34. The number of hydrogen-bond donors (Lipinski definition) is 1. The number of ether oxygens (including phenoxy) is 1. The Bertz CT molecular complexity index is 1030. The van der Waals surface area contributed by atoms with Crippen LogP contribution in [-0.2, 0) is 4.79 Å². The van der Waals surface area contributed by atoms with Gasteiger partial charge in [0.2, 0.25) is 0 Å². The molecule has 36 heavy (non-hydrogen) atoms. The number of fused-ring (bicyclic) bond motifs is 1. The molecule has 1 atom stereocenters. The van der Waals surface area contributed by atoms with Crippen molar-refractivity contribution in [3.8, 4) is 5.75 Å². The molecule has 1 unspecified atom stereocenters. The topological polar surface area (TPSA) is 65.9 Å². The molecule has 2 aliphatic rings. The number of pyridine rings is 1. The summed E-state index contributed by atoms with van der Waals surface area (Å²) in [6.07, 6.45) is 10.1. The van der Waals surface area contributed by atoms with Gasteiger partial charge in [0, 0.05) is 25.0 Å². The van der Waals surface area contributed by atoms with E-state index >= 15 is 4.39 Å². The first-order valence-electron chi connectivity index (χ1n) is 13.6. The number of methoxy groups -OCH3 is 1. The Morgan fingerprint density at radius 3 is 2.61 bits per heavy atom. The van der Waals surface area contributed by atoms with Gasteiger partial charge in [-0.1, -0.05) is 32.1 Å². The van der Waals surface area contributed by atoms with Gasteiger partial charge in [0.05, 0.1) is 29.9 Å². The second-order valence-corrected chi connectivity index (χ2v) is 11.1. The van der Waals surface area contributed by atoms with Gasteiger partial charge in [0.15, 0.2) is 0 Å². The molecular formula is C29H42FN3O3. The molecule has 0 bridgehead atoms. The molecule has 1 saturated carbocycles. The van der Waals surface area contributed by atoms with E-state index < -0.39 is 17.6 Å². The minimum atomic E-state index is -1.29. The number of alkyl halides is 1. The van der Waals surface area contributed by atoms with E-state index in [4.69, 9.17) is 4.74 Å². The van der Waals surface area contributed by atoms with E-state index in [2.05, 4.69) is 9.88 Å². The average Bonchev–Trinajstić information content (AvgIpc) is 2.90. The van der Waals surface area contributed by atoms with Crippen molar-refractivity contribution in [3.63, 3.8) is 0 Å². The van der Waals surface area contributed by atoms with Crippen LogP contribution in [0.2, 0.25) is 0 Å². The number of halogens is 1. The fourth-order valence-electron chi connectivity index (χ4n) is 6.16. The highest BCUT2D eigenvalue weighted by Crippen LogP contribution is 2.43. The number of hydrogen-bond acceptors (Lipinski definition) is 5. The first-order chi connectivity index (χ1) is 17.3. The molecule has 0 radical (unpaired) electrons. The number of piperidine rings is 1. The smallest absolute Gasteiger partial charge is 0.309 e. The van der Waals surface area contributed by atoms with Crippen LogP contribution in [-0.4, -0.2) is 61.8 Å². The van der Waals surface area contributed by atoms with Crippen LogP contribution in [0.3, 0.4) is 0 Å². The normalized spacial score (nSPS) is 19.8. The van der Waals surface area contributed by atoms with Crippen molar-refractivity contribution in [1.29, 1.82) is 0 Å². The Labute approximate surface area is 214 Å². The summed E-state index contributed by atoms with van der Waals surface area (Å²) in [5.74, 6) is 0.698. The molecule has 1 aromatic heterocycles. The first-order valence-corrected chi connectivity index (χ1v) is 13.6. The second-order valence-electron chi connectivity index (χ2n) is 11.1. The summed E-state index contributed by atoms with van der Waals surface area (Å²) >= 11 is 0. The third-order valence-electron chi connectivity index (χ3n) is 8.61. The number of rotatable bonds is 10. The molecule has 1 aromatic carbocycles. The minimum Gasteiger partial charge on any atom is -0.497 e. The predicted octanol–water partition coefficient (Wildman–Crippen LogP) is 6.24. The Morgan fingerprint density at radius 2 is 1.97 bits per heavy atom. The molecule has 0 amide bonds. The molecule has 2 aromatic rings. The highest BCUT2D eigenvalue weighted by atomic mass is 19.1. The lowest BCUT2D eigenvalue weighted by Gasteiger charge is -2.40. The van der Waals surface area contributed by atoms with E-state index in [0.29, 0.717) is 41.8 Å². The lowest BCUT2D eigenvalue weighted by Crippen LogP contribution is -2.45. The number of carbonyl (C=O) groups is 1. The Balaban J connectivity index is 1.44. The minimum absolute atomic E-state index is 0.172. The van der Waals surface area contributed by atoms with Crippen LogP contribution in [0.25, 0.3) is 10.9 Å². The molecule has 2 fully saturated rings. The zero-order valence-electron chi connectivity index (χ0n) is 22.1. The van der Waals surface area contributed by atoms with Crippen LogP contribution in [0.1, 0.15) is 75.9 Å². The van der Waals surface area contributed by atoms with Gasteiger partial charge in [-0.2, -0.15) is 0 Å². The van der Waals surface area contributed by atoms with Gasteiger partial charge in [-0.05, 0) is 75.9 Å². The quantitative estimate of drug-likeness (QED) is 0.418. The Kier molecular flexibility index (Phi) is 8.70. The van der Waals surface area contributed by atoms with Gasteiger partial charge >= 0.3 is 5.97 Å². The van der Waals surface area contributed by atoms with E-state index in [1.165, 1.54) is 38.5 Å². The SMILES string of the molecule is COc1ccc2ncc(N(C)C)c(C(F)CCC3(C(=O)O)CCN(CCC4CCCCC4)CC3)c2c1. The molecule has 1 aliphatic carbocycles. The summed E-state index contributed by atoms with van der Waals surface area (Å²) in [6.45, 7) is 2.63. The molecule has 0 spiro atoms. The van der Waals surface area contributed by atoms with Crippen molar-refractivity contribution in [2.75, 3.05) is 45.7 Å². The van der Waals surface area contributed by atoms with Gasteiger partial charge in [-0.25, -0.2) is 4.39 Å². The van der Waals surface area contributed by atoms with Crippen molar-refractivity contribution in [3.05, 3.63) is 30.0 Å². The summed E-state index contributed by atoms with van der Waals surface area (Å²) < 4.78 is 21.4. The van der Waals surface area contributed by atoms with E-state index in [1.54, 1.807) is 13.3 Å². The van der Waals surface area contributed by atoms with Crippen LogP contribution in [0.4, 0.5) is 10.1 Å². The van der Waals surface area contributed by atoms with Crippen molar-refractivity contribution in [2.45, 2.75) is 70.4 Å². The van der Waals surface area contributed by atoms with E-state index in [0.717, 1.165) is 30.9 Å². The number of carboxylic acid groups (broad SMARTS) is 1. The third kappa shape index (κ3) is 5.93. The van der Waals surface area contributed by atoms with Gasteiger partial charge in [-0.3, -0.25) is 9.78 Å². The van der Waals surface area contributed by atoms with E-state index in [-0.39, 0.29) is 6.42 Å². The molecule has 1 aliphatic heterocycles. The summed E-state index contributed by atoms with van der Waals surface area (Å²) in [5, 5.41) is 10.9. The largest absolute Gasteiger partial charge is 0.497 e. The summed E-state index contributed by atoms with van der Waals surface area (Å²) in [5.41, 5.74) is 1.13. The Morgan fingerprint density at radius 1 is 1.25 bits per heavy atom. The maximum atomic E-state index is 16.0. The number of nitrogens with zero attached hydrogens (tertiary/aromatic N) is 3. The van der Waals surface area contributed by atoms with Gasteiger partial charge < -0.3 is 19.6 Å². The second kappa shape index (κ2) is 11.8. The fourth-order valence-corrected chi connectivity index (χ4v) is 6.16. The number of aliphatic carboxylic acids is 1. The molecular weight excluding hydrogens is 457 g/mol. The molecule has 6 nitrogen and oxygen atoms in total. The number of anilines is 1. The van der Waals surface area contributed by atoms with Crippen LogP contribution in [0, 0.1) is 11.3 Å². The van der Waals surface area contributed by atoms with Crippen LogP contribution in [0.5, 0.6) is 5.75 Å². The standard InChI is InChI=1S/C29H42FN3O3/c1-32(2)26-20-31-25-10-9-22(36-3)19-23(25)27(26)24(30)11-13-29(28(34)35)14-17-33(18-15-29)16-12-21-7-5-4-6-8-21/h9-10,19-21,24H,4-8,11-18H2,1-3H3,(H,34,35). The third-order valence-corrected chi connectivity index (χ3v) is 8.61. The van der Waals surface area contributed by atoms with Crippen molar-refractivity contribution in [2.24, 2.45) is 11.3 Å². The molecule has 4 rings (SSSR count). The number of likely N-dealkylation sites (tertiary alicyclic amines) is 1. The molecule has 1 saturated heterocycles. The lowest BCUT2D eigenvalue weighted by atomic mass is 9.74. The summed E-state index contributed by atoms with van der Waals surface area (Å²) in [6, 6.07) is 5.49. The molecule has 1 N–H and O–H groups in total. The molecule has 198 valence electrons. The maximum absolute atomic E-state index is 16.0. The van der Waals surface area contributed by atoms with Crippen LogP contribution < -0.4 is 9.64 Å². The summed E-state index contributed by atoms with van der Waals surface area (Å²) in [4.78, 5) is 21.2. The highest BCUT2D eigenvalue weighted by molar-refractivity contribution is 5.88. The average molecular weight is 500 g/mol. The zero-order chi connectivity index (χ0) is 25.7. The zero-order valence-corrected chi connectivity index (χ0v) is 22.1. The van der Waals surface area contributed by atoms with Gasteiger partial charge in [0.25, 0.3) is 0 Å². The number of benzene rings is 1.